The summed E-state index contributed by atoms with van der Waals surface area (Å²) in [6.07, 6.45) is 17.6. The molecule has 2 spiro atoms. The summed E-state index contributed by atoms with van der Waals surface area (Å²) in [6.45, 7) is 4.66. The van der Waals surface area contributed by atoms with Gasteiger partial charge in [0.15, 0.2) is 5.78 Å². The summed E-state index contributed by atoms with van der Waals surface area (Å²) in [5, 5.41) is 0. The molecule has 0 amide bonds. The van der Waals surface area contributed by atoms with Gasteiger partial charge in [-0.15, -0.1) is 0 Å². The standard InChI is InChI=1S/C21H28O2/c1-3-15(2)7-8-16-5-4-6-17-13-18-14-19(22)9-10-20(18)11-12-21(16,17)23-20/h9-10,13-16H,3-8,11-12H2,1-2H3. The molecule has 2 bridgehead atoms. The zero-order chi connectivity index (χ0) is 16.1. The molecule has 0 aromatic heterocycles. The van der Waals surface area contributed by atoms with Crippen LogP contribution in [-0.2, 0) is 9.53 Å². The molecule has 1 saturated heterocycles. The smallest absolute Gasteiger partial charge is 0.178 e. The molecule has 124 valence electrons. The number of hydrogen-bond acceptors (Lipinski definition) is 2. The van der Waals surface area contributed by atoms with Crippen LogP contribution in [0, 0.1) is 11.8 Å². The Morgan fingerprint density at radius 3 is 3.04 bits per heavy atom. The van der Waals surface area contributed by atoms with Crippen molar-refractivity contribution >= 4 is 5.78 Å². The maximum atomic E-state index is 11.8. The highest BCUT2D eigenvalue weighted by Gasteiger charge is 2.58. The fourth-order valence-electron chi connectivity index (χ4n) is 5.13. The predicted molar refractivity (Wildman–Crippen MR) is 92.1 cm³/mol. The number of hydrogen-bond donors (Lipinski definition) is 0. The molecule has 2 nitrogen and oxygen atoms in total. The van der Waals surface area contributed by atoms with Crippen molar-refractivity contribution in [2.24, 2.45) is 11.8 Å². The van der Waals surface area contributed by atoms with Gasteiger partial charge in [0.05, 0.1) is 5.60 Å². The van der Waals surface area contributed by atoms with Crippen LogP contribution in [0.3, 0.4) is 0 Å². The van der Waals surface area contributed by atoms with Crippen molar-refractivity contribution in [1.82, 2.24) is 0 Å². The first kappa shape index (κ1) is 15.4. The van der Waals surface area contributed by atoms with Gasteiger partial charge in [-0.2, -0.15) is 0 Å². The lowest BCUT2D eigenvalue weighted by Gasteiger charge is -2.48. The molecule has 0 aromatic carbocycles. The minimum Gasteiger partial charge on any atom is -0.355 e. The summed E-state index contributed by atoms with van der Waals surface area (Å²) in [5.74, 6) is 1.57. The molecule has 23 heavy (non-hydrogen) atoms. The second-order valence-corrected chi connectivity index (χ2v) is 8.07. The molecule has 0 radical (unpaired) electrons. The Hall–Kier alpha value is -1.15. The predicted octanol–water partition coefficient (Wildman–Crippen LogP) is 4.91. The Kier molecular flexibility index (Phi) is 3.64. The van der Waals surface area contributed by atoms with Crippen LogP contribution in [0.15, 0.2) is 35.5 Å². The monoisotopic (exact) mass is 312 g/mol. The highest BCUT2D eigenvalue weighted by atomic mass is 16.5. The SMILES string of the molecule is CCC(C)CCC1CCCC2=CC3=CC(=O)C=CC34CCC21O4. The van der Waals surface area contributed by atoms with Gasteiger partial charge in [0.2, 0.25) is 0 Å². The molecule has 1 saturated carbocycles. The first-order chi connectivity index (χ1) is 11.1. The van der Waals surface area contributed by atoms with E-state index in [0.29, 0.717) is 5.92 Å². The van der Waals surface area contributed by atoms with Crippen LogP contribution >= 0.6 is 0 Å². The average Bonchev–Trinajstić information content (AvgIpc) is 2.87. The molecule has 2 heterocycles. The maximum absolute atomic E-state index is 11.8. The Bertz CT molecular complexity index is 611. The van der Waals surface area contributed by atoms with Crippen molar-refractivity contribution in [3.63, 3.8) is 0 Å². The van der Waals surface area contributed by atoms with Crippen LogP contribution in [0.25, 0.3) is 0 Å². The Balaban J connectivity index is 1.66. The van der Waals surface area contributed by atoms with Crippen LogP contribution in [0.2, 0.25) is 0 Å². The minimum atomic E-state index is -0.302. The molecular weight excluding hydrogens is 284 g/mol. The van der Waals surface area contributed by atoms with E-state index in [9.17, 15) is 4.79 Å². The Morgan fingerprint density at radius 1 is 1.35 bits per heavy atom. The van der Waals surface area contributed by atoms with Crippen molar-refractivity contribution < 1.29 is 9.53 Å². The molecular formula is C21H28O2. The third-order valence-electron chi connectivity index (χ3n) is 6.77. The van der Waals surface area contributed by atoms with Gasteiger partial charge in [-0.1, -0.05) is 32.8 Å². The number of rotatable bonds is 4. The third-order valence-corrected chi connectivity index (χ3v) is 6.77. The molecule has 2 aliphatic carbocycles. The van der Waals surface area contributed by atoms with Crippen LogP contribution in [0.4, 0.5) is 0 Å². The molecule has 2 aliphatic heterocycles. The zero-order valence-electron chi connectivity index (χ0n) is 14.4. The number of carbonyl (C=O) groups is 1. The number of carbonyl (C=O) groups excluding carboxylic acids is 1. The van der Waals surface area contributed by atoms with Crippen LogP contribution in [-0.4, -0.2) is 17.0 Å². The largest absolute Gasteiger partial charge is 0.355 e. The lowest BCUT2D eigenvalue weighted by Crippen LogP contribution is -2.48. The Morgan fingerprint density at radius 2 is 2.22 bits per heavy atom. The Labute approximate surface area is 139 Å². The molecule has 4 aliphatic rings. The highest BCUT2D eigenvalue weighted by molar-refractivity contribution is 6.02. The summed E-state index contributed by atoms with van der Waals surface area (Å²) >= 11 is 0. The van der Waals surface area contributed by atoms with Gasteiger partial charge in [-0.05, 0) is 79.7 Å². The van der Waals surface area contributed by atoms with E-state index < -0.39 is 0 Å². The molecule has 0 N–H and O–H groups in total. The van der Waals surface area contributed by atoms with Crippen molar-refractivity contribution in [2.45, 2.75) is 76.4 Å². The molecule has 2 fully saturated rings. The van der Waals surface area contributed by atoms with E-state index in [2.05, 4.69) is 19.9 Å². The summed E-state index contributed by atoms with van der Waals surface area (Å²) < 4.78 is 6.83. The van der Waals surface area contributed by atoms with E-state index >= 15 is 0 Å². The van der Waals surface area contributed by atoms with Crippen molar-refractivity contribution in [1.29, 1.82) is 0 Å². The van der Waals surface area contributed by atoms with Gasteiger partial charge in [-0.25, -0.2) is 0 Å². The molecule has 0 aromatic rings. The van der Waals surface area contributed by atoms with Gasteiger partial charge in [-0.3, -0.25) is 4.79 Å². The summed E-state index contributed by atoms with van der Waals surface area (Å²) in [7, 11) is 0. The first-order valence-electron chi connectivity index (χ1n) is 9.44. The summed E-state index contributed by atoms with van der Waals surface area (Å²) in [5.41, 5.74) is 2.24. The average molecular weight is 312 g/mol. The summed E-state index contributed by atoms with van der Waals surface area (Å²) in [6, 6.07) is 0. The van der Waals surface area contributed by atoms with E-state index in [0.717, 1.165) is 30.8 Å². The summed E-state index contributed by atoms with van der Waals surface area (Å²) in [4.78, 5) is 11.8. The van der Waals surface area contributed by atoms with E-state index in [1.54, 1.807) is 12.2 Å². The van der Waals surface area contributed by atoms with Crippen molar-refractivity contribution in [3.8, 4) is 0 Å². The first-order valence-corrected chi connectivity index (χ1v) is 9.44. The van der Waals surface area contributed by atoms with Crippen molar-refractivity contribution in [3.05, 3.63) is 35.5 Å². The fourth-order valence-corrected chi connectivity index (χ4v) is 5.13. The maximum Gasteiger partial charge on any atom is 0.178 e. The zero-order valence-corrected chi connectivity index (χ0v) is 14.4. The second-order valence-electron chi connectivity index (χ2n) is 8.07. The van der Waals surface area contributed by atoms with E-state index in [1.165, 1.54) is 37.7 Å². The minimum absolute atomic E-state index is 0.0339. The molecule has 4 rings (SSSR count). The molecule has 2 heteroatoms. The topological polar surface area (TPSA) is 26.3 Å². The fraction of sp³-hybridized carbons (Fsp3) is 0.667. The third kappa shape index (κ3) is 2.29. The number of ether oxygens (including phenoxy) is 1. The lowest BCUT2D eigenvalue weighted by molar-refractivity contribution is -0.112. The van der Waals surface area contributed by atoms with Gasteiger partial charge in [0.1, 0.15) is 5.60 Å². The van der Waals surface area contributed by atoms with Crippen molar-refractivity contribution in [2.75, 3.05) is 0 Å². The van der Waals surface area contributed by atoms with Gasteiger partial charge in [0.25, 0.3) is 0 Å². The number of allylic oxidation sites excluding steroid dienone is 2. The number of ketones is 1. The quantitative estimate of drug-likeness (QED) is 0.737. The molecule has 4 unspecified atom stereocenters. The highest BCUT2D eigenvalue weighted by Crippen LogP contribution is 2.59. The van der Waals surface area contributed by atoms with Gasteiger partial charge >= 0.3 is 0 Å². The van der Waals surface area contributed by atoms with Crippen LogP contribution < -0.4 is 0 Å². The van der Waals surface area contributed by atoms with E-state index in [-0.39, 0.29) is 17.0 Å². The molecule has 4 atom stereocenters. The van der Waals surface area contributed by atoms with Gasteiger partial charge in [0, 0.05) is 0 Å². The lowest BCUT2D eigenvalue weighted by atomic mass is 9.68. The normalized spacial score (nSPS) is 39.4. The van der Waals surface area contributed by atoms with Gasteiger partial charge < -0.3 is 4.74 Å². The van der Waals surface area contributed by atoms with Crippen LogP contribution in [0.1, 0.15) is 65.2 Å². The van der Waals surface area contributed by atoms with Crippen LogP contribution in [0.5, 0.6) is 0 Å². The van der Waals surface area contributed by atoms with E-state index in [4.69, 9.17) is 4.74 Å². The second kappa shape index (κ2) is 5.44. The van der Waals surface area contributed by atoms with E-state index in [1.807, 2.05) is 6.08 Å².